The lowest BCUT2D eigenvalue weighted by molar-refractivity contribution is -0.226. The van der Waals surface area contributed by atoms with Crippen LogP contribution in [0.25, 0.3) is 5.57 Å². The first kappa shape index (κ1) is 43.4. The summed E-state index contributed by atoms with van der Waals surface area (Å²) in [7, 11) is -2.94. The summed E-state index contributed by atoms with van der Waals surface area (Å²) >= 11 is 0. The van der Waals surface area contributed by atoms with Crippen molar-refractivity contribution in [2.45, 2.75) is 132 Å². The Kier molecular flexibility index (Phi) is 11.3. The van der Waals surface area contributed by atoms with Gasteiger partial charge in [-0.2, -0.15) is 0 Å². The quantitative estimate of drug-likeness (QED) is 0.248. The molecule has 0 aromatic heterocycles. The summed E-state index contributed by atoms with van der Waals surface area (Å²) in [5.74, 6) is 2.15. The number of hydrogen-bond acceptors (Lipinski definition) is 6. The second-order valence-corrected chi connectivity index (χ2v) is 24.5. The first-order valence-corrected chi connectivity index (χ1v) is 24.4. The van der Waals surface area contributed by atoms with Gasteiger partial charge in [0.05, 0.1) is 17.1 Å². The fraction of sp³-hybridized carbons (Fsp3) is 0.755. The highest BCUT2D eigenvalue weighted by Crippen LogP contribution is 2.77. The number of amides is 1. The number of fused-ring (bicyclic) bond motifs is 7. The van der Waals surface area contributed by atoms with E-state index in [0.717, 1.165) is 44.2 Å². The average molecular weight is 819 g/mol. The molecule has 9 heteroatoms. The Morgan fingerprint density at radius 3 is 2.21 bits per heavy atom. The summed E-state index contributed by atoms with van der Waals surface area (Å²) in [6.45, 7) is 28.8. The van der Waals surface area contributed by atoms with Gasteiger partial charge >= 0.3 is 12.1 Å². The molecule has 0 bridgehead atoms. The average Bonchev–Trinajstić information content (AvgIpc) is 3.51. The van der Waals surface area contributed by atoms with E-state index in [4.69, 9.17) is 4.74 Å². The molecule has 0 spiro atoms. The van der Waals surface area contributed by atoms with Gasteiger partial charge in [-0.1, -0.05) is 65.0 Å². The van der Waals surface area contributed by atoms with Crippen molar-refractivity contribution in [3.63, 3.8) is 0 Å². The maximum Gasteiger partial charge on any atom is 0.410 e. The smallest absolute Gasteiger partial charge is 0.410 e. The van der Waals surface area contributed by atoms with E-state index >= 15 is 0 Å². The molecule has 7 rings (SSSR count). The number of carboxylic acid groups (broad SMARTS) is 1. The molecule has 4 saturated carbocycles. The molecule has 5 fully saturated rings. The van der Waals surface area contributed by atoms with Crippen molar-refractivity contribution in [1.29, 1.82) is 0 Å². The lowest BCUT2D eigenvalue weighted by Gasteiger charge is -2.72. The molecule has 6 aliphatic rings. The second-order valence-electron chi connectivity index (χ2n) is 22.2. The van der Waals surface area contributed by atoms with E-state index in [-0.39, 0.29) is 44.7 Å². The van der Waals surface area contributed by atoms with E-state index in [1.54, 1.807) is 12.1 Å². The van der Waals surface area contributed by atoms with E-state index in [0.29, 0.717) is 61.3 Å². The van der Waals surface area contributed by atoms with Gasteiger partial charge in [-0.3, -0.25) is 0 Å². The monoisotopic (exact) mass is 819 g/mol. The van der Waals surface area contributed by atoms with Crippen LogP contribution in [0.15, 0.2) is 42.5 Å². The Bertz CT molecular complexity index is 1900. The molecule has 0 radical (unpaired) electrons. The third-order valence-corrected chi connectivity index (χ3v) is 19.4. The predicted octanol–water partition coefficient (Wildman–Crippen LogP) is 10.4. The van der Waals surface area contributed by atoms with Crippen molar-refractivity contribution in [2.75, 3.05) is 44.2 Å². The van der Waals surface area contributed by atoms with E-state index < -0.39 is 21.4 Å². The fourth-order valence-electron chi connectivity index (χ4n) is 14.9. The van der Waals surface area contributed by atoms with E-state index in [9.17, 15) is 23.1 Å². The Labute approximate surface area is 350 Å². The molecule has 322 valence electrons. The molecule has 1 saturated heterocycles. The standard InChI is InChI=1S/C49H74N2O6S/c1-33(2)36-18-23-49(32-51(43(54)57-44(3,4)5)27-11-26-50-28-30-58(55,56)31-29-50)25-24-47(9)38(41(36)49)16-17-40-46(8)21-19-37(34-12-14-35(15-13-34)42(52)53)45(6,7)39(46)20-22-48(40,47)10/h12-15,19,36,38-41H,1,11,16-18,20-32H2,2-10H3,(H,52,53). The summed E-state index contributed by atoms with van der Waals surface area (Å²) in [4.78, 5) is 30.0. The van der Waals surface area contributed by atoms with Crippen LogP contribution >= 0.6 is 0 Å². The molecule has 1 aromatic rings. The number of ether oxygens (including phenoxy) is 1. The van der Waals surface area contributed by atoms with Crippen LogP contribution in [0, 0.1) is 56.7 Å². The van der Waals surface area contributed by atoms with Crippen LogP contribution in [0.4, 0.5) is 4.79 Å². The number of sulfone groups is 1. The van der Waals surface area contributed by atoms with Crippen molar-refractivity contribution in [2.24, 2.45) is 56.7 Å². The normalized spacial score (nSPS) is 37.9. The van der Waals surface area contributed by atoms with Crippen molar-refractivity contribution in [3.05, 3.63) is 53.6 Å². The Balaban J connectivity index is 1.16. The minimum absolute atomic E-state index is 0.00879. The highest BCUT2D eigenvalue weighted by molar-refractivity contribution is 7.91. The molecule has 8 nitrogen and oxygen atoms in total. The van der Waals surface area contributed by atoms with Crippen molar-refractivity contribution >= 4 is 27.5 Å². The molecule has 58 heavy (non-hydrogen) atoms. The largest absolute Gasteiger partial charge is 0.478 e. The highest BCUT2D eigenvalue weighted by atomic mass is 32.2. The molecule has 1 aromatic carbocycles. The molecule has 9 unspecified atom stereocenters. The Morgan fingerprint density at radius 1 is 0.914 bits per heavy atom. The summed E-state index contributed by atoms with van der Waals surface area (Å²) in [6, 6.07) is 7.54. The molecule has 1 heterocycles. The zero-order valence-electron chi connectivity index (χ0n) is 37.3. The first-order valence-electron chi connectivity index (χ1n) is 22.6. The number of carbonyl (C=O) groups is 2. The molecular formula is C49H74N2O6S. The minimum Gasteiger partial charge on any atom is -0.478 e. The highest BCUT2D eigenvalue weighted by Gasteiger charge is 2.70. The molecule has 5 aliphatic carbocycles. The number of aromatic carboxylic acids is 1. The van der Waals surface area contributed by atoms with Gasteiger partial charge in [0.2, 0.25) is 0 Å². The Morgan fingerprint density at radius 2 is 1.59 bits per heavy atom. The van der Waals surface area contributed by atoms with Crippen LogP contribution in [0.3, 0.4) is 0 Å². The summed E-state index contributed by atoms with van der Waals surface area (Å²) in [5, 5.41) is 9.55. The van der Waals surface area contributed by atoms with Gasteiger partial charge in [-0.15, -0.1) is 0 Å². The third kappa shape index (κ3) is 7.42. The van der Waals surface area contributed by atoms with Crippen LogP contribution in [0.1, 0.15) is 142 Å². The van der Waals surface area contributed by atoms with Crippen LogP contribution in [0.2, 0.25) is 0 Å². The second kappa shape index (κ2) is 15.1. The number of hydrogen-bond donors (Lipinski definition) is 1. The van der Waals surface area contributed by atoms with Gasteiger partial charge in [0.25, 0.3) is 0 Å². The third-order valence-electron chi connectivity index (χ3n) is 17.8. The van der Waals surface area contributed by atoms with Gasteiger partial charge in [-0.05, 0) is 178 Å². The van der Waals surface area contributed by atoms with Crippen molar-refractivity contribution in [3.8, 4) is 0 Å². The number of rotatable bonds is 9. The van der Waals surface area contributed by atoms with E-state index in [1.165, 1.54) is 43.3 Å². The van der Waals surface area contributed by atoms with E-state index in [2.05, 4.69) is 59.1 Å². The number of nitrogens with zero attached hydrogens (tertiary/aromatic N) is 2. The fourth-order valence-corrected chi connectivity index (χ4v) is 16.1. The number of carboxylic acids is 1. The summed E-state index contributed by atoms with van der Waals surface area (Å²) < 4.78 is 30.3. The number of allylic oxidation sites excluding steroid dienone is 3. The SMILES string of the molecule is C=C(C)C1CCC2(CN(CCCN3CCS(=O)(=O)CC3)C(=O)OC(C)(C)C)CCC3(C)C(CCC4C5(C)CC=C(c6ccc(C(=O)O)cc6)C(C)(C)C5CCC43C)C12. The van der Waals surface area contributed by atoms with E-state index in [1.807, 2.05) is 37.8 Å². The zero-order chi connectivity index (χ0) is 42.3. The van der Waals surface area contributed by atoms with Crippen LogP contribution < -0.4 is 0 Å². The molecule has 1 N–H and O–H groups in total. The Hall–Kier alpha value is -2.65. The van der Waals surface area contributed by atoms with Crippen molar-refractivity contribution < 1.29 is 27.9 Å². The lowest BCUT2D eigenvalue weighted by atomic mass is 9.32. The van der Waals surface area contributed by atoms with Crippen LogP contribution in [-0.2, 0) is 14.6 Å². The summed E-state index contributed by atoms with van der Waals surface area (Å²) in [6.07, 6.45) is 13.5. The number of carbonyl (C=O) groups excluding carboxylic acids is 1. The van der Waals surface area contributed by atoms with Gasteiger partial charge < -0.3 is 19.6 Å². The molecule has 1 aliphatic heterocycles. The van der Waals surface area contributed by atoms with Gasteiger partial charge in [-0.25, -0.2) is 18.0 Å². The van der Waals surface area contributed by atoms with Crippen LogP contribution in [0.5, 0.6) is 0 Å². The topological polar surface area (TPSA) is 104 Å². The van der Waals surface area contributed by atoms with Gasteiger partial charge in [0.1, 0.15) is 5.60 Å². The zero-order valence-corrected chi connectivity index (χ0v) is 38.1. The van der Waals surface area contributed by atoms with Crippen molar-refractivity contribution in [1.82, 2.24) is 9.80 Å². The summed E-state index contributed by atoms with van der Waals surface area (Å²) in [5.41, 5.74) is 4.05. The maximum absolute atomic E-state index is 14.1. The molecule has 9 atom stereocenters. The van der Waals surface area contributed by atoms with Gasteiger partial charge in [0, 0.05) is 26.2 Å². The van der Waals surface area contributed by atoms with Gasteiger partial charge in [0.15, 0.2) is 9.84 Å². The molecule has 1 amide bonds. The minimum atomic E-state index is -2.94. The predicted molar refractivity (Wildman–Crippen MR) is 233 cm³/mol. The van der Waals surface area contributed by atoms with Crippen LogP contribution in [-0.4, -0.2) is 85.2 Å². The molecular weight excluding hydrogens is 745 g/mol. The number of benzene rings is 1. The lowest BCUT2D eigenvalue weighted by Crippen LogP contribution is -2.66. The maximum atomic E-state index is 14.1. The first-order chi connectivity index (χ1) is 27.0.